The Morgan fingerprint density at radius 1 is 1.27 bits per heavy atom. The maximum Gasteiger partial charge on any atom is 0.150 e. The lowest BCUT2D eigenvalue weighted by Gasteiger charge is -2.18. The summed E-state index contributed by atoms with van der Waals surface area (Å²) in [5.74, 6) is 0.279. The third-order valence-electron chi connectivity index (χ3n) is 1.83. The number of nitrogens with two attached hydrogens (primary N) is 1. The van der Waals surface area contributed by atoms with E-state index in [9.17, 15) is 12.6 Å². The van der Waals surface area contributed by atoms with Crippen molar-refractivity contribution in [1.82, 2.24) is 0 Å². The second-order valence-electron chi connectivity index (χ2n) is 2.68. The van der Waals surface area contributed by atoms with Crippen LogP contribution in [0.25, 0.3) is 0 Å². The quantitative estimate of drug-likeness (QED) is 0.597. The molecule has 1 aliphatic rings. The maximum atomic E-state index is 10.9. The molecule has 0 spiro atoms. The normalized spacial score (nSPS) is 28.1. The van der Waals surface area contributed by atoms with E-state index in [-0.39, 0.29) is 16.8 Å². The van der Waals surface area contributed by atoms with E-state index in [1.165, 1.54) is 0 Å². The van der Waals surface area contributed by atoms with Crippen LogP contribution in [0.2, 0.25) is 0 Å². The zero-order valence-electron chi connectivity index (χ0n) is 6.02. The number of hydrogen-bond donors (Lipinski definition) is 1. The summed E-state index contributed by atoms with van der Waals surface area (Å²) in [5.41, 5.74) is 0. The van der Waals surface area contributed by atoms with E-state index in [1.807, 2.05) is 0 Å². The molecule has 1 aliphatic heterocycles. The van der Waals surface area contributed by atoms with Crippen LogP contribution in [0.5, 0.6) is 0 Å². The fourth-order valence-corrected chi connectivity index (χ4v) is 3.59. The molecule has 2 N–H and O–H groups in total. The first-order valence-corrected chi connectivity index (χ1v) is 6.46. The molecule has 0 saturated carbocycles. The molecule has 0 radical (unpaired) electrons. The molecular formula is C5H11NO3S2. The lowest BCUT2D eigenvalue weighted by molar-refractivity contribution is 0.574. The smallest absolute Gasteiger partial charge is 0.150 e. The lowest BCUT2D eigenvalue weighted by atomic mass is 10.2. The van der Waals surface area contributed by atoms with Crippen molar-refractivity contribution in [1.29, 1.82) is 0 Å². The summed E-state index contributed by atoms with van der Waals surface area (Å²) in [6, 6.07) is 0. The van der Waals surface area contributed by atoms with Gasteiger partial charge in [-0.15, -0.1) is 0 Å². The van der Waals surface area contributed by atoms with E-state index in [4.69, 9.17) is 5.14 Å². The Morgan fingerprint density at radius 3 is 2.09 bits per heavy atom. The molecule has 0 aromatic carbocycles. The summed E-state index contributed by atoms with van der Waals surface area (Å²) in [4.78, 5) is 0. The van der Waals surface area contributed by atoms with Crippen molar-refractivity contribution in [3.8, 4) is 0 Å². The van der Waals surface area contributed by atoms with Crippen LogP contribution in [0.1, 0.15) is 12.8 Å². The van der Waals surface area contributed by atoms with Gasteiger partial charge >= 0.3 is 0 Å². The topological polar surface area (TPSA) is 77.2 Å². The Labute approximate surface area is 68.7 Å². The molecule has 0 aliphatic carbocycles. The average molecular weight is 197 g/mol. The van der Waals surface area contributed by atoms with Gasteiger partial charge in [0, 0.05) is 0 Å². The zero-order chi connectivity index (χ0) is 8.48. The highest BCUT2D eigenvalue weighted by Crippen LogP contribution is 2.15. The van der Waals surface area contributed by atoms with E-state index in [1.54, 1.807) is 0 Å². The highest BCUT2D eigenvalue weighted by molar-refractivity contribution is 7.91. The predicted octanol–water partition coefficient (Wildman–Crippen LogP) is -0.814. The van der Waals surface area contributed by atoms with Gasteiger partial charge in [-0.25, -0.2) is 12.6 Å². The fourth-order valence-electron chi connectivity index (χ4n) is 1.10. The van der Waals surface area contributed by atoms with E-state index in [0.717, 1.165) is 0 Å². The van der Waals surface area contributed by atoms with Crippen LogP contribution >= 0.6 is 0 Å². The second-order valence-corrected chi connectivity index (χ2v) is 6.31. The molecule has 1 saturated heterocycles. The molecule has 0 aromatic rings. The first-order chi connectivity index (χ1) is 5.01. The highest BCUT2D eigenvalue weighted by atomic mass is 32.2. The lowest BCUT2D eigenvalue weighted by Crippen LogP contribution is -2.32. The van der Waals surface area contributed by atoms with Crippen LogP contribution in [0.3, 0.4) is 0 Å². The van der Waals surface area contributed by atoms with Crippen LogP contribution in [-0.2, 0) is 20.8 Å². The molecule has 11 heavy (non-hydrogen) atoms. The molecule has 1 fully saturated rings. The van der Waals surface area contributed by atoms with Crippen LogP contribution in [0.4, 0.5) is 0 Å². The minimum Gasteiger partial charge on any atom is -0.252 e. The second kappa shape index (κ2) is 3.20. The van der Waals surface area contributed by atoms with E-state index in [0.29, 0.717) is 12.8 Å². The van der Waals surface area contributed by atoms with Crippen molar-refractivity contribution >= 4 is 20.8 Å². The molecule has 1 rings (SSSR count). The van der Waals surface area contributed by atoms with Gasteiger partial charge in [0.15, 0.2) is 0 Å². The average Bonchev–Trinajstić information content (AvgIpc) is 1.86. The molecule has 1 unspecified atom stereocenters. The van der Waals surface area contributed by atoms with Crippen LogP contribution < -0.4 is 5.14 Å². The van der Waals surface area contributed by atoms with Crippen molar-refractivity contribution in [2.75, 3.05) is 11.5 Å². The Balaban J connectivity index is 2.56. The summed E-state index contributed by atoms with van der Waals surface area (Å²) >= 11 is 0. The third-order valence-corrected chi connectivity index (χ3v) is 4.67. The molecule has 66 valence electrons. The summed E-state index contributed by atoms with van der Waals surface area (Å²) in [5, 5.41) is 5.02. The van der Waals surface area contributed by atoms with Gasteiger partial charge in [0.05, 0.1) is 27.7 Å². The van der Waals surface area contributed by atoms with E-state index < -0.39 is 20.8 Å². The van der Waals surface area contributed by atoms with Gasteiger partial charge in [0.1, 0.15) is 9.84 Å². The molecule has 4 nitrogen and oxygen atoms in total. The van der Waals surface area contributed by atoms with Gasteiger partial charge in [-0.3, -0.25) is 5.14 Å². The standard InChI is InChI=1S/C5H11NO3S2/c6-10(7)5-1-3-11(8,9)4-2-5/h5H,1-4,6H2. The van der Waals surface area contributed by atoms with Gasteiger partial charge in [-0.05, 0) is 12.8 Å². The van der Waals surface area contributed by atoms with E-state index in [2.05, 4.69) is 0 Å². The van der Waals surface area contributed by atoms with Crippen LogP contribution in [0.15, 0.2) is 0 Å². The van der Waals surface area contributed by atoms with Crippen LogP contribution in [-0.4, -0.2) is 29.4 Å². The summed E-state index contributed by atoms with van der Waals surface area (Å²) in [6.45, 7) is 0. The van der Waals surface area contributed by atoms with Gasteiger partial charge < -0.3 is 0 Å². The summed E-state index contributed by atoms with van der Waals surface area (Å²) in [6.07, 6.45) is 0.900. The Kier molecular flexibility index (Phi) is 2.66. The minimum atomic E-state index is -2.84. The van der Waals surface area contributed by atoms with Crippen molar-refractivity contribution in [3.05, 3.63) is 0 Å². The van der Waals surface area contributed by atoms with Gasteiger partial charge in [-0.1, -0.05) is 0 Å². The molecule has 0 bridgehead atoms. The van der Waals surface area contributed by atoms with Gasteiger partial charge in [-0.2, -0.15) is 0 Å². The first-order valence-electron chi connectivity index (χ1n) is 3.37. The molecule has 6 heteroatoms. The third kappa shape index (κ3) is 2.53. The number of sulfone groups is 1. The number of hydrogen-bond acceptors (Lipinski definition) is 3. The van der Waals surface area contributed by atoms with Crippen molar-refractivity contribution in [2.45, 2.75) is 18.1 Å². The van der Waals surface area contributed by atoms with Gasteiger partial charge in [0.2, 0.25) is 0 Å². The minimum absolute atomic E-state index is 0.112. The van der Waals surface area contributed by atoms with Gasteiger partial charge in [0.25, 0.3) is 0 Å². The number of rotatable bonds is 1. The van der Waals surface area contributed by atoms with Crippen LogP contribution in [0, 0.1) is 0 Å². The van der Waals surface area contributed by atoms with Crippen molar-refractivity contribution in [3.63, 3.8) is 0 Å². The summed E-state index contributed by atoms with van der Waals surface area (Å²) in [7, 11) is -4.19. The maximum absolute atomic E-state index is 10.9. The molecule has 1 atom stereocenters. The van der Waals surface area contributed by atoms with Crippen molar-refractivity contribution in [2.24, 2.45) is 5.14 Å². The Hall–Kier alpha value is 0.0600. The van der Waals surface area contributed by atoms with Crippen molar-refractivity contribution < 1.29 is 12.6 Å². The summed E-state index contributed by atoms with van der Waals surface area (Å²) < 4.78 is 32.5. The SMILES string of the molecule is NS(=O)C1CCS(=O)(=O)CC1. The zero-order valence-corrected chi connectivity index (χ0v) is 7.66. The van der Waals surface area contributed by atoms with E-state index >= 15 is 0 Å². The monoisotopic (exact) mass is 197 g/mol. The largest absolute Gasteiger partial charge is 0.252 e. The Morgan fingerprint density at radius 2 is 1.73 bits per heavy atom. The molecular weight excluding hydrogens is 186 g/mol. The Bertz CT molecular complexity index is 245. The highest BCUT2D eigenvalue weighted by Gasteiger charge is 2.25. The molecule has 0 aromatic heterocycles. The molecule has 1 heterocycles. The predicted molar refractivity (Wildman–Crippen MR) is 44.0 cm³/mol. The first kappa shape index (κ1) is 9.15. The molecule has 0 amide bonds. The fraction of sp³-hybridized carbons (Fsp3) is 1.00.